The highest BCUT2D eigenvalue weighted by atomic mass is 79.9. The maximum absolute atomic E-state index is 4.69. The zero-order valence-corrected chi connectivity index (χ0v) is 15.0. The van der Waals surface area contributed by atoms with Gasteiger partial charge in [0.2, 0.25) is 0 Å². The quantitative estimate of drug-likeness (QED) is 0.440. The van der Waals surface area contributed by atoms with Crippen LogP contribution in [0, 0.1) is 6.92 Å². The van der Waals surface area contributed by atoms with Crippen LogP contribution < -0.4 is 0 Å². The monoisotopic (exact) mass is 376 g/mol. The van der Waals surface area contributed by atoms with Crippen molar-refractivity contribution >= 4 is 27.0 Å². The second-order valence-corrected chi connectivity index (χ2v) is 6.95. The number of hydrogen-bond acceptors (Lipinski definition) is 1. The molecule has 0 unspecified atom stereocenters. The SMILES string of the molecule is Cc1cnc2c(c1)cc(-c1ccccc1)n2Cc1ccc(Br)cc1. The predicted octanol–water partition coefficient (Wildman–Crippen LogP) is 5.82. The zero-order valence-electron chi connectivity index (χ0n) is 13.4. The summed E-state index contributed by atoms with van der Waals surface area (Å²) in [6.07, 6.45) is 1.94. The lowest BCUT2D eigenvalue weighted by molar-refractivity contribution is 0.832. The van der Waals surface area contributed by atoms with Crippen LogP contribution in [0.5, 0.6) is 0 Å². The highest BCUT2D eigenvalue weighted by Gasteiger charge is 2.12. The van der Waals surface area contributed by atoms with E-state index in [9.17, 15) is 0 Å². The van der Waals surface area contributed by atoms with Gasteiger partial charge in [0.25, 0.3) is 0 Å². The molecule has 0 aliphatic carbocycles. The van der Waals surface area contributed by atoms with E-state index >= 15 is 0 Å². The second-order valence-electron chi connectivity index (χ2n) is 6.03. The lowest BCUT2D eigenvalue weighted by atomic mass is 10.1. The van der Waals surface area contributed by atoms with Crippen molar-refractivity contribution in [3.8, 4) is 11.3 Å². The molecule has 2 nitrogen and oxygen atoms in total. The molecule has 0 saturated heterocycles. The summed E-state index contributed by atoms with van der Waals surface area (Å²) in [4.78, 5) is 4.69. The summed E-state index contributed by atoms with van der Waals surface area (Å²) in [5.74, 6) is 0. The lowest BCUT2D eigenvalue weighted by Crippen LogP contribution is -2.02. The van der Waals surface area contributed by atoms with Gasteiger partial charge in [0.15, 0.2) is 0 Å². The molecular formula is C21H17BrN2. The van der Waals surface area contributed by atoms with E-state index in [0.717, 1.165) is 16.7 Å². The van der Waals surface area contributed by atoms with E-state index in [1.165, 1.54) is 27.8 Å². The van der Waals surface area contributed by atoms with E-state index in [1.807, 2.05) is 12.3 Å². The van der Waals surface area contributed by atoms with Gasteiger partial charge in [0.05, 0.1) is 5.69 Å². The van der Waals surface area contributed by atoms with E-state index < -0.39 is 0 Å². The number of hydrogen-bond donors (Lipinski definition) is 0. The molecule has 0 N–H and O–H groups in total. The van der Waals surface area contributed by atoms with Gasteiger partial charge < -0.3 is 4.57 Å². The summed E-state index contributed by atoms with van der Waals surface area (Å²) in [5, 5.41) is 1.19. The van der Waals surface area contributed by atoms with Crippen LogP contribution in [-0.2, 0) is 6.54 Å². The number of rotatable bonds is 3. The molecule has 2 heterocycles. The Hall–Kier alpha value is -2.39. The molecule has 3 heteroatoms. The number of nitrogens with zero attached hydrogens (tertiary/aromatic N) is 2. The van der Waals surface area contributed by atoms with Crippen molar-refractivity contribution in [3.63, 3.8) is 0 Å². The van der Waals surface area contributed by atoms with Crippen LogP contribution in [-0.4, -0.2) is 9.55 Å². The highest BCUT2D eigenvalue weighted by Crippen LogP contribution is 2.28. The topological polar surface area (TPSA) is 17.8 Å². The van der Waals surface area contributed by atoms with Crippen molar-refractivity contribution in [1.82, 2.24) is 9.55 Å². The molecule has 0 fully saturated rings. The Kier molecular flexibility index (Phi) is 3.95. The first-order valence-electron chi connectivity index (χ1n) is 7.96. The van der Waals surface area contributed by atoms with Crippen LogP contribution in [0.4, 0.5) is 0 Å². The van der Waals surface area contributed by atoms with Gasteiger partial charge in [-0.1, -0.05) is 58.4 Å². The Bertz CT molecular complexity index is 986. The number of benzene rings is 2. The van der Waals surface area contributed by atoms with Gasteiger partial charge in [-0.2, -0.15) is 0 Å². The number of pyridine rings is 1. The third-order valence-corrected chi connectivity index (χ3v) is 4.72. The summed E-state index contributed by atoms with van der Waals surface area (Å²) in [7, 11) is 0. The van der Waals surface area contributed by atoms with Gasteiger partial charge in [0.1, 0.15) is 5.65 Å². The van der Waals surface area contributed by atoms with Crippen LogP contribution in [0.2, 0.25) is 0 Å². The maximum atomic E-state index is 4.69. The fraction of sp³-hybridized carbons (Fsp3) is 0.0952. The van der Waals surface area contributed by atoms with Crippen LogP contribution in [0.15, 0.2) is 77.4 Å². The average Bonchev–Trinajstić information content (AvgIpc) is 2.95. The van der Waals surface area contributed by atoms with Crippen LogP contribution in [0.3, 0.4) is 0 Å². The molecule has 0 radical (unpaired) electrons. The molecule has 118 valence electrons. The normalized spacial score (nSPS) is 11.1. The van der Waals surface area contributed by atoms with Crippen molar-refractivity contribution < 1.29 is 0 Å². The van der Waals surface area contributed by atoms with Gasteiger partial charge >= 0.3 is 0 Å². The average molecular weight is 377 g/mol. The van der Waals surface area contributed by atoms with Gasteiger partial charge in [-0.05, 0) is 47.9 Å². The number of halogens is 1. The lowest BCUT2D eigenvalue weighted by Gasteiger charge is -2.11. The molecule has 0 aliphatic heterocycles. The minimum atomic E-state index is 0.803. The van der Waals surface area contributed by atoms with Crippen LogP contribution in [0.1, 0.15) is 11.1 Å². The van der Waals surface area contributed by atoms with E-state index in [2.05, 4.69) is 88.1 Å². The molecule has 4 rings (SSSR count). The highest BCUT2D eigenvalue weighted by molar-refractivity contribution is 9.10. The minimum Gasteiger partial charge on any atom is -0.321 e. The molecule has 0 bridgehead atoms. The molecule has 4 aromatic rings. The molecule has 2 aromatic heterocycles. The predicted molar refractivity (Wildman–Crippen MR) is 103 cm³/mol. The summed E-state index contributed by atoms with van der Waals surface area (Å²) in [6, 6.07) is 23.4. The standard InChI is InChI=1S/C21H17BrN2/c1-15-11-18-12-20(17-5-3-2-4-6-17)24(21(18)23-13-15)14-16-7-9-19(22)10-8-16/h2-13H,14H2,1H3. The molecule has 0 atom stereocenters. The number of aromatic nitrogens is 2. The fourth-order valence-corrected chi connectivity index (χ4v) is 3.30. The largest absolute Gasteiger partial charge is 0.321 e. The molecule has 0 aliphatic rings. The summed E-state index contributed by atoms with van der Waals surface area (Å²) >= 11 is 3.50. The molecule has 24 heavy (non-hydrogen) atoms. The van der Waals surface area contributed by atoms with Crippen LogP contribution >= 0.6 is 15.9 Å². The summed E-state index contributed by atoms with van der Waals surface area (Å²) in [6.45, 7) is 2.89. The Morgan fingerprint density at radius 3 is 2.46 bits per heavy atom. The van der Waals surface area contributed by atoms with E-state index in [-0.39, 0.29) is 0 Å². The van der Waals surface area contributed by atoms with E-state index in [1.54, 1.807) is 0 Å². The Balaban J connectivity index is 1.89. The third-order valence-electron chi connectivity index (χ3n) is 4.19. The van der Waals surface area contributed by atoms with E-state index in [0.29, 0.717) is 0 Å². The zero-order chi connectivity index (χ0) is 16.5. The minimum absolute atomic E-state index is 0.803. The van der Waals surface area contributed by atoms with Gasteiger partial charge in [-0.15, -0.1) is 0 Å². The maximum Gasteiger partial charge on any atom is 0.140 e. The smallest absolute Gasteiger partial charge is 0.140 e. The fourth-order valence-electron chi connectivity index (χ4n) is 3.04. The number of aryl methyl sites for hydroxylation is 1. The van der Waals surface area contributed by atoms with E-state index in [4.69, 9.17) is 4.98 Å². The molecular weight excluding hydrogens is 360 g/mol. The number of fused-ring (bicyclic) bond motifs is 1. The molecule has 0 amide bonds. The van der Waals surface area contributed by atoms with Crippen molar-refractivity contribution in [2.75, 3.05) is 0 Å². The Morgan fingerprint density at radius 1 is 0.958 bits per heavy atom. The van der Waals surface area contributed by atoms with Crippen molar-refractivity contribution in [2.45, 2.75) is 13.5 Å². The Labute approximate surface area is 149 Å². The van der Waals surface area contributed by atoms with Gasteiger partial charge in [-0.25, -0.2) is 4.98 Å². The van der Waals surface area contributed by atoms with Crippen LogP contribution in [0.25, 0.3) is 22.3 Å². The second kappa shape index (κ2) is 6.25. The first-order valence-corrected chi connectivity index (χ1v) is 8.76. The summed E-state index contributed by atoms with van der Waals surface area (Å²) in [5.41, 5.74) is 5.89. The first-order chi connectivity index (χ1) is 11.7. The van der Waals surface area contributed by atoms with Crippen molar-refractivity contribution in [2.24, 2.45) is 0 Å². The first kappa shape index (κ1) is 15.2. The Morgan fingerprint density at radius 2 is 1.71 bits per heavy atom. The van der Waals surface area contributed by atoms with Crippen molar-refractivity contribution in [3.05, 3.63) is 88.5 Å². The van der Waals surface area contributed by atoms with Crippen molar-refractivity contribution in [1.29, 1.82) is 0 Å². The van der Waals surface area contributed by atoms with Gasteiger partial charge in [0, 0.05) is 22.6 Å². The third kappa shape index (κ3) is 2.87. The molecule has 0 saturated carbocycles. The molecule has 2 aromatic carbocycles. The molecule has 0 spiro atoms. The van der Waals surface area contributed by atoms with Gasteiger partial charge in [-0.3, -0.25) is 0 Å². The summed E-state index contributed by atoms with van der Waals surface area (Å²) < 4.78 is 3.40.